The van der Waals surface area contributed by atoms with Crippen LogP contribution in [-0.2, 0) is 10.3 Å². The molecule has 8 heteroatoms. The lowest BCUT2D eigenvalue weighted by Crippen LogP contribution is -2.54. The summed E-state index contributed by atoms with van der Waals surface area (Å²) in [7, 11) is 0. The number of piperidine rings is 2. The largest absolute Gasteiger partial charge is 0.481 e. The molecule has 0 saturated carbocycles. The van der Waals surface area contributed by atoms with Gasteiger partial charge in [0, 0.05) is 36.2 Å². The second-order valence-electron chi connectivity index (χ2n) is 11.8. The molecule has 0 radical (unpaired) electrons. The van der Waals surface area contributed by atoms with Crippen molar-refractivity contribution in [2.24, 2.45) is 0 Å². The van der Waals surface area contributed by atoms with E-state index in [1.165, 1.54) is 6.07 Å². The summed E-state index contributed by atoms with van der Waals surface area (Å²) in [4.78, 5) is 14.7. The van der Waals surface area contributed by atoms with E-state index in [9.17, 15) is 4.79 Å². The van der Waals surface area contributed by atoms with E-state index in [1.807, 2.05) is 31.7 Å². The fourth-order valence-corrected chi connectivity index (χ4v) is 6.09. The topological polar surface area (TPSA) is 68.6 Å². The molecule has 0 bridgehead atoms. The van der Waals surface area contributed by atoms with Gasteiger partial charge in [0.05, 0.1) is 11.6 Å². The van der Waals surface area contributed by atoms with E-state index >= 15 is 4.39 Å². The van der Waals surface area contributed by atoms with Crippen molar-refractivity contribution < 1.29 is 18.7 Å². The monoisotopic (exact) mass is 484 g/mol. The SMILES string of the molecule is Cc1c2c(nn1[C@@H]1CCN(C(=O)OC(C)(C)C)C(C)(C)C1)-c1c(F)cccc1OC21CCNCC1. The minimum atomic E-state index is -0.539. The highest BCUT2D eigenvalue weighted by molar-refractivity contribution is 5.75. The van der Waals surface area contributed by atoms with Crippen LogP contribution in [0, 0.1) is 12.7 Å². The van der Waals surface area contributed by atoms with Crippen molar-refractivity contribution in [3.63, 3.8) is 0 Å². The van der Waals surface area contributed by atoms with Crippen LogP contribution >= 0.6 is 0 Å². The number of benzene rings is 1. The van der Waals surface area contributed by atoms with Crippen molar-refractivity contribution in [3.05, 3.63) is 35.3 Å². The van der Waals surface area contributed by atoms with Gasteiger partial charge in [-0.2, -0.15) is 5.10 Å². The van der Waals surface area contributed by atoms with Crippen molar-refractivity contribution in [1.82, 2.24) is 20.0 Å². The first-order valence-electron chi connectivity index (χ1n) is 12.7. The first-order valence-corrected chi connectivity index (χ1v) is 12.7. The van der Waals surface area contributed by atoms with E-state index in [-0.39, 0.29) is 18.0 Å². The number of nitrogens with zero attached hydrogens (tertiary/aromatic N) is 3. The maximum absolute atomic E-state index is 15.1. The molecule has 5 rings (SSSR count). The maximum atomic E-state index is 15.1. The number of halogens is 1. The zero-order valence-electron chi connectivity index (χ0n) is 21.7. The maximum Gasteiger partial charge on any atom is 0.410 e. The van der Waals surface area contributed by atoms with Crippen LogP contribution in [0.25, 0.3) is 11.3 Å². The Kier molecular flexibility index (Phi) is 5.66. The standard InChI is InChI=1S/C27H37FN4O3/c1-17-22-23(21-19(28)8-7-9-20(21)34-27(22)11-13-29-14-12-27)30-32(17)18-10-15-31(26(5,6)16-18)24(33)35-25(2,3)4/h7-9,18,29H,10-16H2,1-6H3/t18-/m1/s1. The highest BCUT2D eigenvalue weighted by Gasteiger charge is 2.48. The number of aromatic nitrogens is 2. The predicted octanol–water partition coefficient (Wildman–Crippen LogP) is 5.32. The molecule has 2 saturated heterocycles. The van der Waals surface area contributed by atoms with Gasteiger partial charge in [0.15, 0.2) is 0 Å². The van der Waals surface area contributed by atoms with Gasteiger partial charge >= 0.3 is 6.09 Å². The van der Waals surface area contributed by atoms with Crippen LogP contribution in [0.5, 0.6) is 5.75 Å². The van der Waals surface area contributed by atoms with Crippen molar-refractivity contribution in [3.8, 4) is 17.0 Å². The first kappa shape index (κ1) is 24.1. The molecule has 1 atom stereocenters. The van der Waals surface area contributed by atoms with E-state index in [4.69, 9.17) is 14.6 Å². The molecule has 3 aliphatic heterocycles. The molecule has 1 aromatic carbocycles. The molecule has 0 unspecified atom stereocenters. The Hall–Kier alpha value is -2.61. The number of hydrogen-bond donors (Lipinski definition) is 1. The zero-order chi connectivity index (χ0) is 25.2. The normalized spacial score (nSPS) is 22.8. The number of nitrogens with one attached hydrogen (secondary N) is 1. The third-order valence-electron chi connectivity index (χ3n) is 7.65. The zero-order valence-corrected chi connectivity index (χ0v) is 21.7. The van der Waals surface area contributed by atoms with Gasteiger partial charge in [0.1, 0.15) is 28.5 Å². The smallest absolute Gasteiger partial charge is 0.410 e. The lowest BCUT2D eigenvalue weighted by molar-refractivity contribution is -0.0144. The lowest BCUT2D eigenvalue weighted by atomic mass is 9.80. The number of fused-ring (bicyclic) bond motifs is 4. The predicted molar refractivity (Wildman–Crippen MR) is 132 cm³/mol. The number of carbonyl (C=O) groups is 1. The van der Waals surface area contributed by atoms with Crippen LogP contribution in [0.15, 0.2) is 18.2 Å². The fraction of sp³-hybridized carbons (Fsp3) is 0.630. The van der Waals surface area contributed by atoms with Crippen molar-refractivity contribution in [2.45, 2.75) is 90.0 Å². The molecule has 4 heterocycles. The number of carbonyl (C=O) groups excluding carboxylic acids is 1. The van der Waals surface area contributed by atoms with Crippen molar-refractivity contribution in [2.75, 3.05) is 19.6 Å². The molecule has 1 N–H and O–H groups in total. The Morgan fingerprint density at radius 1 is 1.26 bits per heavy atom. The van der Waals surface area contributed by atoms with Gasteiger partial charge in [-0.25, -0.2) is 9.18 Å². The molecular formula is C27H37FN4O3. The Bertz CT molecular complexity index is 1140. The summed E-state index contributed by atoms with van der Waals surface area (Å²) in [6.45, 7) is 14.2. The van der Waals surface area contributed by atoms with Crippen LogP contribution in [0.2, 0.25) is 0 Å². The van der Waals surface area contributed by atoms with Gasteiger partial charge < -0.3 is 19.7 Å². The van der Waals surface area contributed by atoms with Gasteiger partial charge in [-0.1, -0.05) is 6.07 Å². The molecule has 1 spiro atoms. The van der Waals surface area contributed by atoms with E-state index in [0.717, 1.165) is 50.0 Å². The van der Waals surface area contributed by atoms with Crippen LogP contribution in [-0.4, -0.2) is 51.5 Å². The lowest BCUT2D eigenvalue weighted by Gasteiger charge is -2.45. The molecule has 1 aromatic heterocycles. The molecule has 0 aliphatic carbocycles. The minimum Gasteiger partial charge on any atom is -0.481 e. The first-order chi connectivity index (χ1) is 16.4. The molecular weight excluding hydrogens is 447 g/mol. The number of ether oxygens (including phenoxy) is 2. The van der Waals surface area contributed by atoms with Gasteiger partial charge in [-0.15, -0.1) is 0 Å². The number of rotatable bonds is 1. The van der Waals surface area contributed by atoms with Crippen LogP contribution in [0.3, 0.4) is 0 Å². The Labute approximate surface area is 207 Å². The summed E-state index contributed by atoms with van der Waals surface area (Å²) in [5.41, 5.74) is 1.76. The highest BCUT2D eigenvalue weighted by Crippen LogP contribution is 2.51. The van der Waals surface area contributed by atoms with E-state index in [0.29, 0.717) is 23.6 Å². The van der Waals surface area contributed by atoms with Gasteiger partial charge in [-0.3, -0.25) is 4.68 Å². The molecule has 1 amide bonds. The summed E-state index contributed by atoms with van der Waals surface area (Å²) >= 11 is 0. The summed E-state index contributed by atoms with van der Waals surface area (Å²) in [5, 5.41) is 8.49. The minimum absolute atomic E-state index is 0.0864. The second kappa shape index (κ2) is 8.22. The summed E-state index contributed by atoms with van der Waals surface area (Å²) < 4.78 is 29.4. The third-order valence-corrected chi connectivity index (χ3v) is 7.65. The van der Waals surface area contributed by atoms with Crippen molar-refractivity contribution in [1.29, 1.82) is 0 Å². The summed E-state index contributed by atoms with van der Waals surface area (Å²) in [5.74, 6) is 0.265. The highest BCUT2D eigenvalue weighted by atomic mass is 19.1. The quantitative estimate of drug-likeness (QED) is 0.593. The number of likely N-dealkylation sites (tertiary alicyclic amines) is 1. The fourth-order valence-electron chi connectivity index (χ4n) is 6.09. The van der Waals surface area contributed by atoms with E-state index in [2.05, 4.69) is 30.8 Å². The van der Waals surface area contributed by atoms with Gasteiger partial charge in [-0.05, 0) is 79.6 Å². The molecule has 35 heavy (non-hydrogen) atoms. The second-order valence-corrected chi connectivity index (χ2v) is 11.8. The molecule has 2 fully saturated rings. The number of hydrogen-bond acceptors (Lipinski definition) is 5. The summed E-state index contributed by atoms with van der Waals surface area (Å²) in [6, 6.07) is 5.11. The van der Waals surface area contributed by atoms with Crippen LogP contribution < -0.4 is 10.1 Å². The average Bonchev–Trinajstić information content (AvgIpc) is 3.10. The summed E-state index contributed by atoms with van der Waals surface area (Å²) in [6.07, 6.45) is 2.82. The Morgan fingerprint density at radius 3 is 2.63 bits per heavy atom. The van der Waals surface area contributed by atoms with E-state index < -0.39 is 16.7 Å². The molecule has 3 aliphatic rings. The molecule has 2 aromatic rings. The number of amides is 1. The Morgan fingerprint density at radius 2 is 1.97 bits per heavy atom. The Balaban J connectivity index is 1.52. The molecule has 7 nitrogen and oxygen atoms in total. The van der Waals surface area contributed by atoms with Gasteiger partial charge in [0.2, 0.25) is 0 Å². The van der Waals surface area contributed by atoms with E-state index in [1.54, 1.807) is 6.07 Å². The third kappa shape index (κ3) is 4.09. The molecule has 190 valence electrons. The van der Waals surface area contributed by atoms with Crippen LogP contribution in [0.1, 0.15) is 77.6 Å². The average molecular weight is 485 g/mol. The van der Waals surface area contributed by atoms with Crippen molar-refractivity contribution >= 4 is 6.09 Å². The van der Waals surface area contributed by atoms with Gasteiger partial charge in [0.25, 0.3) is 0 Å². The van der Waals surface area contributed by atoms with Crippen LogP contribution in [0.4, 0.5) is 9.18 Å².